The molecule has 1 aliphatic rings. The quantitative estimate of drug-likeness (QED) is 0.524. The minimum absolute atomic E-state index is 0.0582. The van der Waals surface area contributed by atoms with E-state index in [2.05, 4.69) is 4.90 Å². The van der Waals surface area contributed by atoms with E-state index in [1.807, 2.05) is 13.8 Å². The van der Waals surface area contributed by atoms with Gasteiger partial charge in [0.05, 0.1) is 6.61 Å². The third kappa shape index (κ3) is 2.86. The van der Waals surface area contributed by atoms with Gasteiger partial charge in [-0.1, -0.05) is 13.8 Å². The molecular weight excluding hydrogens is 218 g/mol. The zero-order valence-corrected chi connectivity index (χ0v) is 11.1. The highest BCUT2D eigenvalue weighted by molar-refractivity contribution is 6.05. The lowest BCUT2D eigenvalue weighted by atomic mass is 9.84. The smallest absolute Gasteiger partial charge is 0.320 e. The Kier molecular flexibility index (Phi) is 5.12. The molecule has 0 radical (unpaired) electrons. The van der Waals surface area contributed by atoms with Gasteiger partial charge in [0.15, 0.2) is 5.78 Å². The van der Waals surface area contributed by atoms with Crippen molar-refractivity contribution in [1.82, 2.24) is 4.90 Å². The minimum Gasteiger partial charge on any atom is -0.465 e. The Morgan fingerprint density at radius 2 is 2.00 bits per heavy atom. The number of rotatable bonds is 6. The van der Waals surface area contributed by atoms with Gasteiger partial charge < -0.3 is 9.64 Å². The summed E-state index contributed by atoms with van der Waals surface area (Å²) in [5, 5.41) is 0. The number of esters is 1. The molecule has 0 aromatic heterocycles. The van der Waals surface area contributed by atoms with Crippen LogP contribution in [0.3, 0.4) is 0 Å². The summed E-state index contributed by atoms with van der Waals surface area (Å²) in [6, 6.07) is 0. The second kappa shape index (κ2) is 6.15. The summed E-state index contributed by atoms with van der Waals surface area (Å²) in [4.78, 5) is 26.3. The average Bonchev–Trinajstić information content (AvgIpc) is 2.69. The number of ketones is 1. The molecular formula is C13H23NO3. The largest absolute Gasteiger partial charge is 0.465 e. The number of Topliss-reactive ketones (excluding diaryl/α,β-unsaturated/α-hetero) is 1. The average molecular weight is 241 g/mol. The lowest BCUT2D eigenvalue weighted by Gasteiger charge is -2.30. The molecule has 0 spiro atoms. The van der Waals surface area contributed by atoms with Crippen molar-refractivity contribution in [3.63, 3.8) is 0 Å². The van der Waals surface area contributed by atoms with Gasteiger partial charge in [-0.3, -0.25) is 9.59 Å². The number of carbonyl (C=O) groups is 2. The first-order valence-electron chi connectivity index (χ1n) is 6.53. The molecule has 0 heterocycles. The van der Waals surface area contributed by atoms with Crippen LogP contribution in [0.25, 0.3) is 0 Å². The van der Waals surface area contributed by atoms with E-state index >= 15 is 0 Å². The van der Waals surface area contributed by atoms with Gasteiger partial charge in [0.1, 0.15) is 5.41 Å². The van der Waals surface area contributed by atoms with E-state index in [0.29, 0.717) is 26.0 Å². The Hall–Kier alpha value is -0.900. The lowest BCUT2D eigenvalue weighted by Crippen LogP contribution is -2.47. The van der Waals surface area contributed by atoms with E-state index in [1.54, 1.807) is 6.92 Å². The van der Waals surface area contributed by atoms with Gasteiger partial charge in [0, 0.05) is 13.0 Å². The first-order chi connectivity index (χ1) is 8.10. The van der Waals surface area contributed by atoms with Crippen LogP contribution in [0, 0.1) is 5.41 Å². The molecule has 17 heavy (non-hydrogen) atoms. The van der Waals surface area contributed by atoms with Gasteiger partial charge in [-0.15, -0.1) is 0 Å². The fourth-order valence-corrected chi connectivity index (χ4v) is 2.48. The van der Waals surface area contributed by atoms with Crippen molar-refractivity contribution < 1.29 is 14.3 Å². The van der Waals surface area contributed by atoms with E-state index in [0.717, 1.165) is 19.5 Å². The molecule has 1 rings (SSSR count). The fourth-order valence-electron chi connectivity index (χ4n) is 2.48. The highest BCUT2D eigenvalue weighted by Crippen LogP contribution is 2.37. The molecule has 0 bridgehead atoms. The molecule has 0 aromatic rings. The van der Waals surface area contributed by atoms with E-state index in [4.69, 9.17) is 4.74 Å². The van der Waals surface area contributed by atoms with E-state index in [-0.39, 0.29) is 11.8 Å². The molecule has 4 heteroatoms. The summed E-state index contributed by atoms with van der Waals surface area (Å²) in [7, 11) is 0. The maximum atomic E-state index is 12.1. The molecule has 1 saturated carbocycles. The predicted octanol–water partition coefficient (Wildman–Crippen LogP) is 1.63. The number of hydrogen-bond donors (Lipinski definition) is 0. The van der Waals surface area contributed by atoms with Crippen molar-refractivity contribution in [3.8, 4) is 0 Å². The molecule has 1 unspecified atom stereocenters. The molecule has 4 nitrogen and oxygen atoms in total. The molecule has 0 saturated heterocycles. The third-order valence-electron chi connectivity index (χ3n) is 3.60. The van der Waals surface area contributed by atoms with Gasteiger partial charge in [-0.05, 0) is 32.9 Å². The molecule has 0 amide bonds. The van der Waals surface area contributed by atoms with E-state index < -0.39 is 5.41 Å². The van der Waals surface area contributed by atoms with Crippen LogP contribution in [0.15, 0.2) is 0 Å². The van der Waals surface area contributed by atoms with Crippen molar-refractivity contribution in [3.05, 3.63) is 0 Å². The highest BCUT2D eigenvalue weighted by Gasteiger charge is 2.50. The number of carbonyl (C=O) groups excluding carboxylic acids is 2. The molecule has 1 aliphatic carbocycles. The van der Waals surface area contributed by atoms with Gasteiger partial charge in [0.2, 0.25) is 0 Å². The van der Waals surface area contributed by atoms with Crippen LogP contribution in [-0.4, -0.2) is 42.9 Å². The van der Waals surface area contributed by atoms with Crippen LogP contribution < -0.4 is 0 Å². The monoisotopic (exact) mass is 241 g/mol. The summed E-state index contributed by atoms with van der Waals surface area (Å²) in [6.45, 7) is 8.42. The SMILES string of the molecule is CCOC(=O)C1(CN(CC)CC)CCCC1=O. The highest BCUT2D eigenvalue weighted by atomic mass is 16.5. The van der Waals surface area contributed by atoms with Crippen LogP contribution in [0.5, 0.6) is 0 Å². The van der Waals surface area contributed by atoms with Gasteiger partial charge in [-0.2, -0.15) is 0 Å². The van der Waals surface area contributed by atoms with Crippen molar-refractivity contribution in [2.45, 2.75) is 40.0 Å². The predicted molar refractivity (Wildman–Crippen MR) is 65.7 cm³/mol. The topological polar surface area (TPSA) is 46.6 Å². The Bertz CT molecular complexity index is 286. The second-order valence-electron chi connectivity index (χ2n) is 4.54. The summed E-state index contributed by atoms with van der Waals surface area (Å²) < 4.78 is 5.10. The molecule has 1 atom stereocenters. The van der Waals surface area contributed by atoms with Crippen molar-refractivity contribution in [2.24, 2.45) is 5.41 Å². The Morgan fingerprint density at radius 1 is 1.35 bits per heavy atom. The van der Waals surface area contributed by atoms with Crippen molar-refractivity contribution in [1.29, 1.82) is 0 Å². The number of nitrogens with zero attached hydrogens (tertiary/aromatic N) is 1. The van der Waals surface area contributed by atoms with Gasteiger partial charge in [0.25, 0.3) is 0 Å². The zero-order valence-electron chi connectivity index (χ0n) is 11.1. The van der Waals surface area contributed by atoms with E-state index in [1.165, 1.54) is 0 Å². The Morgan fingerprint density at radius 3 is 2.41 bits per heavy atom. The van der Waals surface area contributed by atoms with Crippen LogP contribution in [-0.2, 0) is 14.3 Å². The van der Waals surface area contributed by atoms with Crippen LogP contribution in [0.2, 0.25) is 0 Å². The van der Waals surface area contributed by atoms with Gasteiger partial charge >= 0.3 is 5.97 Å². The second-order valence-corrected chi connectivity index (χ2v) is 4.54. The summed E-state index contributed by atoms with van der Waals surface area (Å²) in [5.41, 5.74) is -0.887. The maximum Gasteiger partial charge on any atom is 0.320 e. The number of ether oxygens (including phenoxy) is 1. The first kappa shape index (κ1) is 14.2. The molecule has 0 N–H and O–H groups in total. The summed E-state index contributed by atoms with van der Waals surface area (Å²) in [6.07, 6.45) is 1.96. The Labute approximate surface area is 103 Å². The normalized spacial score (nSPS) is 24.4. The minimum atomic E-state index is -0.887. The van der Waals surface area contributed by atoms with Crippen LogP contribution >= 0.6 is 0 Å². The summed E-state index contributed by atoms with van der Waals surface area (Å²) in [5.74, 6) is -0.266. The van der Waals surface area contributed by atoms with Crippen LogP contribution in [0.1, 0.15) is 40.0 Å². The molecule has 98 valence electrons. The Balaban J connectivity index is 2.86. The molecule has 0 aromatic carbocycles. The van der Waals surface area contributed by atoms with Crippen molar-refractivity contribution in [2.75, 3.05) is 26.2 Å². The maximum absolute atomic E-state index is 12.1. The van der Waals surface area contributed by atoms with Crippen LogP contribution in [0.4, 0.5) is 0 Å². The van der Waals surface area contributed by atoms with Crippen molar-refractivity contribution >= 4 is 11.8 Å². The molecule has 0 aliphatic heterocycles. The fraction of sp³-hybridized carbons (Fsp3) is 0.846. The first-order valence-corrected chi connectivity index (χ1v) is 6.53. The molecule has 1 fully saturated rings. The zero-order chi connectivity index (χ0) is 12.9. The summed E-state index contributed by atoms with van der Waals surface area (Å²) >= 11 is 0. The van der Waals surface area contributed by atoms with Gasteiger partial charge in [-0.25, -0.2) is 0 Å². The van der Waals surface area contributed by atoms with E-state index in [9.17, 15) is 9.59 Å². The third-order valence-corrected chi connectivity index (χ3v) is 3.60. The standard InChI is InChI=1S/C13H23NO3/c1-4-14(5-2)10-13(12(16)17-6-3)9-7-8-11(13)15/h4-10H2,1-3H3. The number of hydrogen-bond acceptors (Lipinski definition) is 4. The lowest BCUT2D eigenvalue weighted by molar-refractivity contribution is -0.160.